The van der Waals surface area contributed by atoms with Crippen molar-refractivity contribution in [2.45, 2.75) is 12.5 Å². The Morgan fingerprint density at radius 1 is 1.47 bits per heavy atom. The molecule has 0 radical (unpaired) electrons. The quantitative estimate of drug-likeness (QED) is 0.634. The summed E-state index contributed by atoms with van der Waals surface area (Å²) in [4.78, 5) is 11.5. The number of nitrogens with one attached hydrogen (secondary N) is 1. The van der Waals surface area contributed by atoms with Gasteiger partial charge in [0, 0.05) is 6.54 Å². The molecule has 0 fully saturated rings. The molecule has 5 nitrogen and oxygen atoms in total. The van der Waals surface area contributed by atoms with Crippen molar-refractivity contribution in [1.82, 2.24) is 5.32 Å². The van der Waals surface area contributed by atoms with Crippen LogP contribution in [0.2, 0.25) is 0 Å². The van der Waals surface area contributed by atoms with Crippen LogP contribution in [-0.2, 0) is 11.2 Å². The summed E-state index contributed by atoms with van der Waals surface area (Å²) < 4.78 is 5.04. The molecule has 17 heavy (non-hydrogen) atoms. The molecule has 0 heterocycles. The van der Waals surface area contributed by atoms with Gasteiger partial charge in [0.1, 0.15) is 5.75 Å². The van der Waals surface area contributed by atoms with Gasteiger partial charge in [0.2, 0.25) is 5.91 Å². The Morgan fingerprint density at radius 3 is 2.65 bits per heavy atom. The highest BCUT2D eigenvalue weighted by atomic mass is 16.5. The molecular weight excluding hydrogens is 220 g/mol. The van der Waals surface area contributed by atoms with E-state index in [-0.39, 0.29) is 19.1 Å². The zero-order valence-electron chi connectivity index (χ0n) is 9.85. The van der Waals surface area contributed by atoms with E-state index in [1.165, 1.54) is 0 Å². The second-order valence-electron chi connectivity index (χ2n) is 3.67. The Labute approximate surface area is 101 Å². The highest BCUT2D eigenvalue weighted by molar-refractivity contribution is 5.81. The first-order valence-corrected chi connectivity index (χ1v) is 5.44. The van der Waals surface area contributed by atoms with E-state index in [0.717, 1.165) is 11.3 Å². The van der Waals surface area contributed by atoms with Crippen LogP contribution in [0.15, 0.2) is 24.3 Å². The number of methoxy groups -OCH3 is 1. The zero-order chi connectivity index (χ0) is 12.7. The van der Waals surface area contributed by atoms with E-state index in [0.29, 0.717) is 6.42 Å². The second kappa shape index (κ2) is 6.88. The minimum absolute atomic E-state index is 0.0823. The molecule has 94 valence electrons. The number of aliphatic hydroxyl groups is 1. The number of ether oxygens (including phenoxy) is 1. The average molecular weight is 238 g/mol. The fourth-order valence-electron chi connectivity index (χ4n) is 1.42. The number of benzene rings is 1. The number of hydrogen-bond acceptors (Lipinski definition) is 4. The predicted molar refractivity (Wildman–Crippen MR) is 64.8 cm³/mol. The van der Waals surface area contributed by atoms with Crippen LogP contribution in [0.5, 0.6) is 5.75 Å². The van der Waals surface area contributed by atoms with Crippen LogP contribution in [-0.4, -0.2) is 37.3 Å². The Balaban J connectivity index is 2.49. The van der Waals surface area contributed by atoms with Gasteiger partial charge >= 0.3 is 0 Å². The predicted octanol–water partition coefficient (Wildman–Crippen LogP) is -0.326. The van der Waals surface area contributed by atoms with Crippen molar-refractivity contribution < 1.29 is 14.6 Å². The van der Waals surface area contributed by atoms with Crippen molar-refractivity contribution >= 4 is 5.91 Å². The molecule has 0 saturated heterocycles. The summed E-state index contributed by atoms with van der Waals surface area (Å²) in [6, 6.07) is 6.80. The highest BCUT2D eigenvalue weighted by Crippen LogP contribution is 2.12. The number of rotatable bonds is 6. The maximum atomic E-state index is 11.5. The van der Waals surface area contributed by atoms with Gasteiger partial charge in [-0.05, 0) is 24.1 Å². The van der Waals surface area contributed by atoms with Crippen LogP contribution in [0.3, 0.4) is 0 Å². The standard InChI is InChI=1S/C12H18N2O3/c1-17-10-4-2-9(3-5-10)8-11(13)12(16)14-6-7-15/h2-5,11,15H,6-8,13H2,1H3,(H,14,16). The molecule has 0 saturated carbocycles. The summed E-state index contributed by atoms with van der Waals surface area (Å²) in [7, 11) is 1.60. The molecule has 1 rings (SSSR count). The summed E-state index contributed by atoms with van der Waals surface area (Å²) in [5.41, 5.74) is 6.71. The third kappa shape index (κ3) is 4.42. The van der Waals surface area contributed by atoms with Gasteiger partial charge in [-0.15, -0.1) is 0 Å². The zero-order valence-corrected chi connectivity index (χ0v) is 9.85. The molecule has 0 aliphatic heterocycles. The number of nitrogens with two attached hydrogens (primary N) is 1. The lowest BCUT2D eigenvalue weighted by molar-refractivity contribution is -0.122. The van der Waals surface area contributed by atoms with Gasteiger partial charge in [0.05, 0.1) is 19.8 Å². The van der Waals surface area contributed by atoms with Gasteiger partial charge in [0.25, 0.3) is 0 Å². The lowest BCUT2D eigenvalue weighted by atomic mass is 10.1. The molecule has 4 N–H and O–H groups in total. The summed E-state index contributed by atoms with van der Waals surface area (Å²) >= 11 is 0. The fraction of sp³-hybridized carbons (Fsp3) is 0.417. The Morgan fingerprint density at radius 2 is 2.12 bits per heavy atom. The minimum Gasteiger partial charge on any atom is -0.497 e. The van der Waals surface area contributed by atoms with Crippen LogP contribution < -0.4 is 15.8 Å². The molecule has 1 aromatic rings. The van der Waals surface area contributed by atoms with E-state index in [9.17, 15) is 4.79 Å². The smallest absolute Gasteiger partial charge is 0.237 e. The number of hydrogen-bond donors (Lipinski definition) is 3. The average Bonchev–Trinajstić information content (AvgIpc) is 2.36. The van der Waals surface area contributed by atoms with Gasteiger partial charge in [-0.3, -0.25) is 4.79 Å². The van der Waals surface area contributed by atoms with Gasteiger partial charge in [-0.25, -0.2) is 0 Å². The van der Waals surface area contributed by atoms with E-state index in [2.05, 4.69) is 5.32 Å². The fourth-order valence-corrected chi connectivity index (χ4v) is 1.42. The highest BCUT2D eigenvalue weighted by Gasteiger charge is 2.13. The van der Waals surface area contributed by atoms with Crippen molar-refractivity contribution in [2.24, 2.45) is 5.73 Å². The molecule has 5 heteroatoms. The van der Waals surface area contributed by atoms with Crippen LogP contribution in [0, 0.1) is 0 Å². The molecule has 0 spiro atoms. The summed E-state index contributed by atoms with van der Waals surface area (Å²) in [6.07, 6.45) is 0.460. The normalized spacial score (nSPS) is 11.9. The summed E-state index contributed by atoms with van der Waals surface area (Å²) in [5, 5.41) is 11.1. The van der Waals surface area contributed by atoms with Crippen molar-refractivity contribution in [3.63, 3.8) is 0 Å². The monoisotopic (exact) mass is 238 g/mol. The van der Waals surface area contributed by atoms with Crippen molar-refractivity contribution in [2.75, 3.05) is 20.3 Å². The molecule has 0 aliphatic rings. The number of carbonyl (C=O) groups excluding carboxylic acids is 1. The van der Waals surface area contributed by atoms with E-state index < -0.39 is 6.04 Å². The first kappa shape index (κ1) is 13.5. The molecule has 1 aromatic carbocycles. The Hall–Kier alpha value is -1.59. The van der Waals surface area contributed by atoms with Crippen LogP contribution in [0.25, 0.3) is 0 Å². The summed E-state index contributed by atoms with van der Waals surface area (Å²) in [5.74, 6) is 0.516. The van der Waals surface area contributed by atoms with Gasteiger partial charge in [-0.2, -0.15) is 0 Å². The van der Waals surface area contributed by atoms with E-state index in [4.69, 9.17) is 15.6 Å². The van der Waals surface area contributed by atoms with Crippen LogP contribution in [0.1, 0.15) is 5.56 Å². The summed E-state index contributed by atoms with van der Waals surface area (Å²) in [6.45, 7) is 0.149. The van der Waals surface area contributed by atoms with Gasteiger partial charge in [-0.1, -0.05) is 12.1 Å². The molecule has 0 aromatic heterocycles. The molecule has 1 amide bonds. The Kier molecular flexibility index (Phi) is 5.45. The van der Waals surface area contributed by atoms with E-state index >= 15 is 0 Å². The molecule has 1 atom stereocenters. The molecular formula is C12H18N2O3. The van der Waals surface area contributed by atoms with Gasteiger partial charge < -0.3 is 20.9 Å². The lowest BCUT2D eigenvalue weighted by Crippen LogP contribution is -2.42. The van der Waals surface area contributed by atoms with E-state index in [1.807, 2.05) is 24.3 Å². The first-order chi connectivity index (χ1) is 8.17. The molecule has 0 bridgehead atoms. The topological polar surface area (TPSA) is 84.6 Å². The largest absolute Gasteiger partial charge is 0.497 e. The lowest BCUT2D eigenvalue weighted by Gasteiger charge is -2.11. The maximum Gasteiger partial charge on any atom is 0.237 e. The van der Waals surface area contributed by atoms with Gasteiger partial charge in [0.15, 0.2) is 0 Å². The molecule has 0 aliphatic carbocycles. The minimum atomic E-state index is -0.602. The number of carbonyl (C=O) groups is 1. The first-order valence-electron chi connectivity index (χ1n) is 5.44. The van der Waals surface area contributed by atoms with Crippen molar-refractivity contribution in [1.29, 1.82) is 0 Å². The molecule has 1 unspecified atom stereocenters. The number of amides is 1. The van der Waals surface area contributed by atoms with Crippen molar-refractivity contribution in [3.05, 3.63) is 29.8 Å². The third-order valence-electron chi connectivity index (χ3n) is 2.36. The maximum absolute atomic E-state index is 11.5. The van der Waals surface area contributed by atoms with Crippen molar-refractivity contribution in [3.8, 4) is 5.75 Å². The van der Waals surface area contributed by atoms with Crippen LogP contribution >= 0.6 is 0 Å². The number of aliphatic hydroxyl groups excluding tert-OH is 1. The van der Waals surface area contributed by atoms with Crippen LogP contribution in [0.4, 0.5) is 0 Å². The second-order valence-corrected chi connectivity index (χ2v) is 3.67. The Bertz CT molecular complexity index is 351. The van der Waals surface area contributed by atoms with E-state index in [1.54, 1.807) is 7.11 Å². The SMILES string of the molecule is COc1ccc(CC(N)C(=O)NCCO)cc1. The third-order valence-corrected chi connectivity index (χ3v) is 2.36.